The molecule has 19 heavy (non-hydrogen) atoms. The third-order valence-electron chi connectivity index (χ3n) is 2.90. The van der Waals surface area contributed by atoms with E-state index in [1.165, 1.54) is 6.42 Å². The second kappa shape index (κ2) is 8.35. The van der Waals surface area contributed by atoms with E-state index in [9.17, 15) is 0 Å². The van der Waals surface area contributed by atoms with Crippen molar-refractivity contribution in [2.75, 3.05) is 6.54 Å². The number of hydrogen-bond donors (Lipinski definition) is 1. The monoisotopic (exact) mass is 304 g/mol. The Morgan fingerprint density at radius 2 is 1.89 bits per heavy atom. The van der Waals surface area contributed by atoms with Crippen molar-refractivity contribution in [2.45, 2.75) is 33.2 Å². The maximum absolute atomic E-state index is 4.24. The van der Waals surface area contributed by atoms with Gasteiger partial charge in [0.1, 0.15) is 0 Å². The van der Waals surface area contributed by atoms with Crippen molar-refractivity contribution in [2.24, 2.45) is 5.92 Å². The molecule has 1 N–H and O–H groups in total. The third-order valence-corrected chi connectivity index (χ3v) is 2.90. The van der Waals surface area contributed by atoms with Gasteiger partial charge in [0, 0.05) is 6.20 Å². The molecule has 0 saturated heterocycles. The van der Waals surface area contributed by atoms with Crippen LogP contribution in [-0.4, -0.2) is 21.1 Å². The van der Waals surface area contributed by atoms with Crippen LogP contribution in [0.1, 0.15) is 39.1 Å². The number of nitrogens with one attached hydrogen (secondary N) is 1. The van der Waals surface area contributed by atoms with Crippen LogP contribution >= 0.6 is 24.8 Å². The summed E-state index contributed by atoms with van der Waals surface area (Å²) in [6, 6.07) is 6.18. The van der Waals surface area contributed by atoms with Gasteiger partial charge in [-0.2, -0.15) is 0 Å². The summed E-state index contributed by atoms with van der Waals surface area (Å²) in [6.45, 7) is 7.61. The highest BCUT2D eigenvalue weighted by molar-refractivity contribution is 5.85. The summed E-state index contributed by atoms with van der Waals surface area (Å²) in [5.74, 6) is 1.70. The number of aromatic nitrogens is 3. The zero-order valence-electron chi connectivity index (χ0n) is 11.5. The molecular formula is C13H22Cl2N4. The lowest BCUT2D eigenvalue weighted by Crippen LogP contribution is -2.22. The first-order valence-electron chi connectivity index (χ1n) is 6.21. The van der Waals surface area contributed by atoms with Crippen LogP contribution in [0.3, 0.4) is 0 Å². The van der Waals surface area contributed by atoms with Crippen LogP contribution in [0.5, 0.6) is 0 Å². The van der Waals surface area contributed by atoms with Crippen molar-refractivity contribution >= 4 is 30.5 Å². The molecule has 0 aromatic carbocycles. The predicted molar refractivity (Wildman–Crippen MR) is 83.4 cm³/mol. The molecule has 108 valence electrons. The number of nitrogens with zero attached hydrogens (tertiary/aromatic N) is 3. The van der Waals surface area contributed by atoms with Crippen LogP contribution < -0.4 is 5.32 Å². The van der Waals surface area contributed by atoms with E-state index >= 15 is 0 Å². The van der Waals surface area contributed by atoms with E-state index in [4.69, 9.17) is 0 Å². The van der Waals surface area contributed by atoms with E-state index in [1.54, 1.807) is 0 Å². The van der Waals surface area contributed by atoms with E-state index in [1.807, 2.05) is 28.8 Å². The lowest BCUT2D eigenvalue weighted by atomic mass is 10.1. The first-order chi connectivity index (χ1) is 8.18. The zero-order valence-corrected chi connectivity index (χ0v) is 13.2. The zero-order chi connectivity index (χ0) is 12.3. The highest BCUT2D eigenvalue weighted by Gasteiger charge is 2.12. The Morgan fingerprint density at radius 3 is 2.58 bits per heavy atom. The molecule has 2 aromatic heterocycles. The Balaban J connectivity index is 0.00000162. The fourth-order valence-corrected chi connectivity index (χ4v) is 1.83. The van der Waals surface area contributed by atoms with Crippen LogP contribution in [0.15, 0.2) is 24.4 Å². The fourth-order valence-electron chi connectivity index (χ4n) is 1.83. The van der Waals surface area contributed by atoms with Gasteiger partial charge in [-0.3, -0.25) is 4.40 Å². The Labute approximate surface area is 126 Å². The second-order valence-corrected chi connectivity index (χ2v) is 4.85. The van der Waals surface area contributed by atoms with Crippen LogP contribution in [0.4, 0.5) is 0 Å². The number of fused-ring (bicyclic) bond motifs is 1. The molecule has 2 rings (SSSR count). The Kier molecular flexibility index (Phi) is 7.99. The molecule has 0 amide bonds. The molecule has 0 aliphatic carbocycles. The van der Waals surface area contributed by atoms with Crippen molar-refractivity contribution in [1.29, 1.82) is 0 Å². The number of hydrogen-bond acceptors (Lipinski definition) is 3. The highest BCUT2D eigenvalue weighted by atomic mass is 35.5. The molecule has 6 heteroatoms. The van der Waals surface area contributed by atoms with Gasteiger partial charge in [-0.25, -0.2) is 0 Å². The maximum Gasteiger partial charge on any atom is 0.160 e. The van der Waals surface area contributed by atoms with Gasteiger partial charge < -0.3 is 5.32 Å². The van der Waals surface area contributed by atoms with Crippen molar-refractivity contribution in [3.63, 3.8) is 0 Å². The minimum Gasteiger partial charge on any atom is -0.308 e. The van der Waals surface area contributed by atoms with Gasteiger partial charge in [-0.15, -0.1) is 35.0 Å². The molecule has 2 aromatic rings. The van der Waals surface area contributed by atoms with Crippen molar-refractivity contribution in [3.05, 3.63) is 30.2 Å². The molecule has 0 saturated carbocycles. The number of rotatable bonds is 5. The molecule has 0 bridgehead atoms. The lowest BCUT2D eigenvalue weighted by Gasteiger charge is -2.13. The third kappa shape index (κ3) is 4.64. The molecule has 0 aliphatic heterocycles. The summed E-state index contributed by atoms with van der Waals surface area (Å²) in [5, 5.41) is 11.9. The first-order valence-corrected chi connectivity index (χ1v) is 6.21. The largest absolute Gasteiger partial charge is 0.308 e. The molecule has 4 nitrogen and oxygen atoms in total. The second-order valence-electron chi connectivity index (χ2n) is 4.85. The van der Waals surface area contributed by atoms with Crippen molar-refractivity contribution in [3.8, 4) is 0 Å². The summed E-state index contributed by atoms with van der Waals surface area (Å²) in [7, 11) is 0. The molecule has 0 fully saturated rings. The number of pyridine rings is 1. The van der Waals surface area contributed by atoms with Gasteiger partial charge >= 0.3 is 0 Å². The smallest absolute Gasteiger partial charge is 0.160 e. The molecule has 0 spiro atoms. The van der Waals surface area contributed by atoms with E-state index in [2.05, 4.69) is 36.3 Å². The average molecular weight is 305 g/mol. The Hall–Kier alpha value is -0.840. The van der Waals surface area contributed by atoms with E-state index in [-0.39, 0.29) is 30.9 Å². The molecule has 0 radical (unpaired) electrons. The van der Waals surface area contributed by atoms with E-state index in [0.717, 1.165) is 23.9 Å². The topological polar surface area (TPSA) is 42.2 Å². The van der Waals surface area contributed by atoms with Crippen molar-refractivity contribution in [1.82, 2.24) is 19.9 Å². The summed E-state index contributed by atoms with van der Waals surface area (Å²) in [5.41, 5.74) is 0.903. The quantitative estimate of drug-likeness (QED) is 0.922. The van der Waals surface area contributed by atoms with Crippen LogP contribution in [0.2, 0.25) is 0 Å². The predicted octanol–water partition coefficient (Wildman–Crippen LogP) is 3.27. The van der Waals surface area contributed by atoms with Crippen LogP contribution in [0, 0.1) is 5.92 Å². The molecule has 0 aliphatic rings. The van der Waals surface area contributed by atoms with Crippen LogP contribution in [-0.2, 0) is 0 Å². The van der Waals surface area contributed by atoms with Crippen LogP contribution in [0.25, 0.3) is 5.65 Å². The lowest BCUT2D eigenvalue weighted by molar-refractivity contribution is 0.483. The van der Waals surface area contributed by atoms with Gasteiger partial charge in [0.05, 0.1) is 6.04 Å². The van der Waals surface area contributed by atoms with Gasteiger partial charge in [0.15, 0.2) is 11.5 Å². The Morgan fingerprint density at radius 1 is 1.16 bits per heavy atom. The molecule has 1 unspecified atom stereocenters. The Bertz CT molecular complexity index is 484. The standard InChI is InChI=1S/C13H20N4.2ClH/c1-10(2)7-8-14-11(3)13-16-15-12-6-4-5-9-17(12)13;;/h4-6,9-11,14H,7-8H2,1-3H3;2*1H. The summed E-state index contributed by atoms with van der Waals surface area (Å²) >= 11 is 0. The van der Waals surface area contributed by atoms with E-state index < -0.39 is 0 Å². The van der Waals surface area contributed by atoms with Crippen molar-refractivity contribution < 1.29 is 0 Å². The summed E-state index contributed by atoms with van der Waals surface area (Å²) in [6.07, 6.45) is 3.19. The average Bonchev–Trinajstić information content (AvgIpc) is 2.72. The number of halogens is 2. The van der Waals surface area contributed by atoms with E-state index in [0.29, 0.717) is 0 Å². The molecule has 2 heterocycles. The summed E-state index contributed by atoms with van der Waals surface area (Å²) < 4.78 is 2.03. The van der Waals surface area contributed by atoms with Gasteiger partial charge in [-0.05, 0) is 37.9 Å². The fraction of sp³-hybridized carbons (Fsp3) is 0.538. The van der Waals surface area contributed by atoms with Gasteiger partial charge in [-0.1, -0.05) is 19.9 Å². The SMILES string of the molecule is CC(C)CCNC(C)c1nnc2ccccn12.Cl.Cl. The minimum atomic E-state index is 0. The van der Waals surface area contributed by atoms with Gasteiger partial charge in [0.2, 0.25) is 0 Å². The summed E-state index contributed by atoms with van der Waals surface area (Å²) in [4.78, 5) is 0. The molecule has 1 atom stereocenters. The molecular weight excluding hydrogens is 283 g/mol. The minimum absolute atomic E-state index is 0. The van der Waals surface area contributed by atoms with Gasteiger partial charge in [0.25, 0.3) is 0 Å². The first kappa shape index (κ1) is 18.2. The maximum atomic E-state index is 4.24. The normalized spacial score (nSPS) is 12.0. The highest BCUT2D eigenvalue weighted by Crippen LogP contribution is 2.11.